The predicted octanol–water partition coefficient (Wildman–Crippen LogP) is 6.17. The van der Waals surface area contributed by atoms with Gasteiger partial charge in [-0.25, -0.2) is 13.6 Å². The fraction of sp³-hybridized carbons (Fsp3) is 0.444. The van der Waals surface area contributed by atoms with Crippen molar-refractivity contribution in [3.05, 3.63) is 82.9 Å². The molecule has 5 rings (SSSR count). The molecule has 1 unspecified atom stereocenters. The summed E-state index contributed by atoms with van der Waals surface area (Å²) in [5.74, 6) is -0.570. The minimum atomic E-state index is -0.953. The van der Waals surface area contributed by atoms with Gasteiger partial charge in [0.15, 0.2) is 12.2 Å². The lowest BCUT2D eigenvalue weighted by Gasteiger charge is -2.51. The number of rotatable bonds is 7. The number of allylic oxidation sites excluding steroid dienone is 1. The highest BCUT2D eigenvalue weighted by atomic mass is 19.1. The van der Waals surface area contributed by atoms with Crippen LogP contribution in [0.3, 0.4) is 0 Å². The fourth-order valence-electron chi connectivity index (χ4n) is 5.21. The van der Waals surface area contributed by atoms with Crippen LogP contribution in [0.4, 0.5) is 13.6 Å². The third-order valence-corrected chi connectivity index (χ3v) is 6.96. The Bertz CT molecular complexity index is 964. The zero-order valence-corrected chi connectivity index (χ0v) is 19.3. The second kappa shape index (κ2) is 10.0. The zero-order valence-electron chi connectivity index (χ0n) is 19.3. The molecule has 176 valence electrons. The van der Waals surface area contributed by atoms with Crippen LogP contribution in [0.15, 0.2) is 60.2 Å². The van der Waals surface area contributed by atoms with Gasteiger partial charge in [-0.1, -0.05) is 35.9 Å². The summed E-state index contributed by atoms with van der Waals surface area (Å²) in [4.78, 5) is 12.9. The average Bonchev–Trinajstić information content (AvgIpc) is 2.78. The highest BCUT2D eigenvalue weighted by molar-refractivity contribution is 5.61. The molecule has 3 fully saturated rings. The SMILES string of the molecule is CC(C)=CCC[N+]12CCC(CC1)C(OC(=O)OC(c1cccc(F)c1)c1cccc(F)c1)C2. The van der Waals surface area contributed by atoms with Crippen LogP contribution in [0.2, 0.25) is 0 Å². The number of quaternary nitrogens is 1. The second-order valence-corrected chi connectivity index (χ2v) is 9.62. The minimum Gasteiger partial charge on any atom is -0.425 e. The third kappa shape index (κ3) is 5.80. The van der Waals surface area contributed by atoms with Crippen LogP contribution in [0, 0.1) is 17.6 Å². The lowest BCUT2D eigenvalue weighted by molar-refractivity contribution is -0.945. The molecule has 33 heavy (non-hydrogen) atoms. The minimum absolute atomic E-state index is 0.202. The van der Waals surface area contributed by atoms with E-state index in [1.807, 2.05) is 0 Å². The van der Waals surface area contributed by atoms with E-state index >= 15 is 0 Å². The van der Waals surface area contributed by atoms with E-state index in [1.165, 1.54) is 29.8 Å². The Morgan fingerprint density at radius 2 is 1.67 bits per heavy atom. The van der Waals surface area contributed by atoms with Crippen molar-refractivity contribution in [1.29, 1.82) is 0 Å². The van der Waals surface area contributed by atoms with Crippen molar-refractivity contribution in [3.63, 3.8) is 0 Å². The molecule has 0 radical (unpaired) electrons. The maximum Gasteiger partial charge on any atom is 0.509 e. The highest BCUT2D eigenvalue weighted by Crippen LogP contribution is 2.36. The van der Waals surface area contributed by atoms with Crippen molar-refractivity contribution in [1.82, 2.24) is 0 Å². The van der Waals surface area contributed by atoms with Gasteiger partial charge >= 0.3 is 6.16 Å². The van der Waals surface area contributed by atoms with E-state index in [-0.39, 0.29) is 6.10 Å². The van der Waals surface area contributed by atoms with Gasteiger partial charge in [0.2, 0.25) is 0 Å². The molecule has 3 aliphatic heterocycles. The molecule has 0 aliphatic carbocycles. The lowest BCUT2D eigenvalue weighted by Crippen LogP contribution is -2.64. The zero-order chi connectivity index (χ0) is 23.4. The van der Waals surface area contributed by atoms with Crippen LogP contribution in [-0.2, 0) is 9.47 Å². The molecule has 3 heterocycles. The molecule has 2 aromatic carbocycles. The Labute approximate surface area is 194 Å². The molecule has 0 amide bonds. The molecular weight excluding hydrogens is 424 g/mol. The fourth-order valence-corrected chi connectivity index (χ4v) is 5.21. The predicted molar refractivity (Wildman–Crippen MR) is 122 cm³/mol. The van der Waals surface area contributed by atoms with Gasteiger partial charge in [-0.3, -0.25) is 0 Å². The third-order valence-electron chi connectivity index (χ3n) is 6.96. The van der Waals surface area contributed by atoms with Crippen LogP contribution in [-0.4, -0.2) is 42.9 Å². The summed E-state index contributed by atoms with van der Waals surface area (Å²) >= 11 is 0. The van der Waals surface area contributed by atoms with Gasteiger partial charge in [-0.2, -0.15) is 0 Å². The van der Waals surface area contributed by atoms with Crippen molar-refractivity contribution in [2.75, 3.05) is 26.2 Å². The number of hydrogen-bond acceptors (Lipinski definition) is 3. The molecular formula is C27H32F2NO3+. The summed E-state index contributed by atoms with van der Waals surface area (Å²) in [6.45, 7) is 8.29. The molecule has 0 saturated carbocycles. The molecule has 0 aromatic heterocycles. The Morgan fingerprint density at radius 3 is 2.21 bits per heavy atom. The Balaban J connectivity index is 1.47. The van der Waals surface area contributed by atoms with E-state index in [2.05, 4.69) is 19.9 Å². The summed E-state index contributed by atoms with van der Waals surface area (Å²) in [6, 6.07) is 11.6. The first-order valence-corrected chi connectivity index (χ1v) is 11.7. The van der Waals surface area contributed by atoms with Gasteiger partial charge in [0.1, 0.15) is 18.2 Å². The Kier molecular flexibility index (Phi) is 7.13. The molecule has 6 heteroatoms. The van der Waals surface area contributed by atoms with Gasteiger partial charge < -0.3 is 14.0 Å². The maximum absolute atomic E-state index is 13.9. The summed E-state index contributed by atoms with van der Waals surface area (Å²) in [6.07, 6.45) is 3.40. The number of fused-ring (bicyclic) bond motifs is 3. The highest BCUT2D eigenvalue weighted by Gasteiger charge is 2.47. The van der Waals surface area contributed by atoms with Crippen molar-refractivity contribution >= 4 is 6.16 Å². The van der Waals surface area contributed by atoms with E-state index in [0.717, 1.165) is 49.9 Å². The first-order chi connectivity index (χ1) is 15.8. The monoisotopic (exact) mass is 456 g/mol. The van der Waals surface area contributed by atoms with Crippen LogP contribution in [0.5, 0.6) is 0 Å². The number of benzene rings is 2. The maximum atomic E-state index is 13.9. The van der Waals surface area contributed by atoms with E-state index in [4.69, 9.17) is 9.47 Å². The van der Waals surface area contributed by atoms with Crippen LogP contribution in [0.1, 0.15) is 50.3 Å². The number of hydrogen-bond donors (Lipinski definition) is 0. The standard InChI is InChI=1S/C27H32F2NO3/c1-19(2)6-5-13-30-14-11-20(12-15-30)25(18-30)32-27(31)33-26(21-7-3-9-23(28)16-21)22-8-4-10-24(29)17-22/h3-4,6-10,16-17,20,25-26H,5,11-15,18H2,1-2H3/q+1. The number of carbonyl (C=O) groups excluding carboxylic acids is 1. The van der Waals surface area contributed by atoms with Crippen LogP contribution in [0.25, 0.3) is 0 Å². The molecule has 0 spiro atoms. The van der Waals surface area contributed by atoms with Gasteiger partial charge in [-0.15, -0.1) is 0 Å². The molecule has 2 aromatic rings. The summed E-state index contributed by atoms with van der Waals surface area (Å²) in [7, 11) is 0. The molecule has 0 N–H and O–H groups in total. The molecule has 2 bridgehead atoms. The second-order valence-electron chi connectivity index (χ2n) is 9.62. The van der Waals surface area contributed by atoms with Gasteiger partial charge in [0.25, 0.3) is 0 Å². The summed E-state index contributed by atoms with van der Waals surface area (Å²) < 4.78 is 40.2. The summed E-state index contributed by atoms with van der Waals surface area (Å²) in [5, 5.41) is 0. The summed E-state index contributed by atoms with van der Waals surface area (Å²) in [5.41, 5.74) is 2.17. The smallest absolute Gasteiger partial charge is 0.425 e. The van der Waals surface area contributed by atoms with Gasteiger partial charge in [0.05, 0.1) is 19.6 Å². The number of nitrogens with zero attached hydrogens (tertiary/aromatic N) is 1. The van der Waals surface area contributed by atoms with Gasteiger partial charge in [-0.05, 0) is 38.1 Å². The van der Waals surface area contributed by atoms with E-state index in [0.29, 0.717) is 17.0 Å². The quantitative estimate of drug-likeness (QED) is 0.284. The average molecular weight is 457 g/mol. The Hall–Kier alpha value is -2.73. The molecule has 4 nitrogen and oxygen atoms in total. The normalized spacial score (nSPS) is 23.9. The van der Waals surface area contributed by atoms with E-state index in [1.54, 1.807) is 24.3 Å². The van der Waals surface area contributed by atoms with Crippen LogP contribution >= 0.6 is 0 Å². The van der Waals surface area contributed by atoms with Crippen molar-refractivity contribution in [2.24, 2.45) is 5.92 Å². The van der Waals surface area contributed by atoms with E-state index in [9.17, 15) is 13.6 Å². The number of halogens is 2. The van der Waals surface area contributed by atoms with Crippen molar-refractivity contribution in [3.8, 4) is 0 Å². The van der Waals surface area contributed by atoms with E-state index < -0.39 is 23.9 Å². The van der Waals surface area contributed by atoms with Gasteiger partial charge in [0, 0.05) is 36.3 Å². The Morgan fingerprint density at radius 1 is 1.06 bits per heavy atom. The first kappa shape index (κ1) is 23.4. The molecule has 3 aliphatic rings. The number of piperidine rings is 3. The topological polar surface area (TPSA) is 35.5 Å². The number of carbonyl (C=O) groups is 1. The lowest BCUT2D eigenvalue weighted by atomic mass is 9.83. The van der Waals surface area contributed by atoms with Crippen LogP contribution < -0.4 is 0 Å². The van der Waals surface area contributed by atoms with Crippen molar-refractivity contribution < 1.29 is 27.5 Å². The largest absolute Gasteiger partial charge is 0.509 e. The molecule has 1 atom stereocenters. The molecule has 3 saturated heterocycles. The van der Waals surface area contributed by atoms with Crippen molar-refractivity contribution in [2.45, 2.75) is 45.3 Å². The first-order valence-electron chi connectivity index (χ1n) is 11.7. The number of ether oxygens (including phenoxy) is 2.